The van der Waals surface area contributed by atoms with Gasteiger partial charge in [-0.3, -0.25) is 9.48 Å². The van der Waals surface area contributed by atoms with Crippen molar-refractivity contribution in [3.8, 4) is 0 Å². The predicted octanol–water partition coefficient (Wildman–Crippen LogP) is 1.13. The molecule has 0 aromatic carbocycles. The Morgan fingerprint density at radius 2 is 2.50 bits per heavy atom. The van der Waals surface area contributed by atoms with Gasteiger partial charge in [-0.1, -0.05) is 6.08 Å². The summed E-state index contributed by atoms with van der Waals surface area (Å²) in [5.74, 6) is -0.0953. The van der Waals surface area contributed by atoms with Crippen molar-refractivity contribution in [2.75, 3.05) is 6.54 Å². The van der Waals surface area contributed by atoms with Gasteiger partial charge in [0.2, 0.25) is 0 Å². The maximum atomic E-state index is 11.5. The molecule has 1 heterocycles. The molecule has 0 unspecified atom stereocenters. The second kappa shape index (κ2) is 4.60. The molecule has 0 aliphatic carbocycles. The predicted molar refractivity (Wildman–Crippen MR) is 55.2 cm³/mol. The number of aryl methyl sites for hydroxylation is 1. The summed E-state index contributed by atoms with van der Waals surface area (Å²) in [6, 6.07) is 0. The quantitative estimate of drug-likeness (QED) is 0.728. The summed E-state index contributed by atoms with van der Waals surface area (Å²) >= 11 is 0. The summed E-state index contributed by atoms with van der Waals surface area (Å²) in [6.45, 7) is 8.67. The smallest absolute Gasteiger partial charge is 0.254 e. The molecule has 1 amide bonds. The Balaban J connectivity index is 2.79. The minimum atomic E-state index is -0.0953. The monoisotopic (exact) mass is 193 g/mol. The van der Waals surface area contributed by atoms with Gasteiger partial charge in [0.05, 0.1) is 11.8 Å². The van der Waals surface area contributed by atoms with Crippen LogP contribution in [0.3, 0.4) is 0 Å². The molecule has 0 radical (unpaired) electrons. The summed E-state index contributed by atoms with van der Waals surface area (Å²) in [5.41, 5.74) is 1.53. The van der Waals surface area contributed by atoms with Gasteiger partial charge in [0.1, 0.15) is 0 Å². The maximum absolute atomic E-state index is 11.5. The molecule has 4 heteroatoms. The van der Waals surface area contributed by atoms with Crippen LogP contribution in [-0.2, 0) is 6.54 Å². The molecule has 0 spiro atoms. The molecule has 1 aromatic rings. The van der Waals surface area contributed by atoms with Crippen LogP contribution >= 0.6 is 0 Å². The van der Waals surface area contributed by atoms with E-state index < -0.39 is 0 Å². The SMILES string of the molecule is C=CCNC(=O)c1cnn(CC)c1C. The van der Waals surface area contributed by atoms with Crippen LogP contribution in [0.2, 0.25) is 0 Å². The lowest BCUT2D eigenvalue weighted by atomic mass is 10.2. The van der Waals surface area contributed by atoms with E-state index in [1.165, 1.54) is 0 Å². The molecule has 4 nitrogen and oxygen atoms in total. The van der Waals surface area contributed by atoms with Gasteiger partial charge in [-0.2, -0.15) is 5.10 Å². The molecule has 0 saturated heterocycles. The molecule has 0 aliphatic heterocycles. The van der Waals surface area contributed by atoms with E-state index >= 15 is 0 Å². The van der Waals surface area contributed by atoms with Crippen LogP contribution in [0.25, 0.3) is 0 Å². The number of amides is 1. The molecule has 0 saturated carbocycles. The summed E-state index contributed by atoms with van der Waals surface area (Å²) < 4.78 is 1.79. The van der Waals surface area contributed by atoms with E-state index in [2.05, 4.69) is 17.0 Å². The van der Waals surface area contributed by atoms with Crippen LogP contribution in [0.1, 0.15) is 23.0 Å². The Morgan fingerprint density at radius 3 is 3.00 bits per heavy atom. The lowest BCUT2D eigenvalue weighted by Gasteiger charge is -2.02. The van der Waals surface area contributed by atoms with Gasteiger partial charge in [0.25, 0.3) is 5.91 Å². The third-order valence-electron chi connectivity index (χ3n) is 2.05. The first kappa shape index (κ1) is 10.5. The van der Waals surface area contributed by atoms with E-state index in [4.69, 9.17) is 0 Å². The lowest BCUT2D eigenvalue weighted by Crippen LogP contribution is -2.23. The summed E-state index contributed by atoms with van der Waals surface area (Å²) in [5, 5.41) is 6.81. The van der Waals surface area contributed by atoms with E-state index in [9.17, 15) is 4.79 Å². The average Bonchev–Trinajstić information content (AvgIpc) is 2.56. The van der Waals surface area contributed by atoms with Gasteiger partial charge >= 0.3 is 0 Å². The molecular formula is C10H15N3O. The number of aromatic nitrogens is 2. The largest absolute Gasteiger partial charge is 0.348 e. The number of rotatable bonds is 4. The van der Waals surface area contributed by atoms with E-state index in [0.29, 0.717) is 12.1 Å². The molecule has 1 N–H and O–H groups in total. The molecule has 76 valence electrons. The van der Waals surface area contributed by atoms with Gasteiger partial charge < -0.3 is 5.32 Å². The normalized spacial score (nSPS) is 9.86. The first-order valence-corrected chi connectivity index (χ1v) is 4.62. The van der Waals surface area contributed by atoms with Gasteiger partial charge in [0, 0.05) is 18.8 Å². The van der Waals surface area contributed by atoms with Crippen LogP contribution < -0.4 is 5.32 Å². The highest BCUT2D eigenvalue weighted by Gasteiger charge is 2.11. The van der Waals surface area contributed by atoms with Crippen molar-refractivity contribution < 1.29 is 4.79 Å². The molecule has 1 rings (SSSR count). The second-order valence-electron chi connectivity index (χ2n) is 2.96. The fourth-order valence-electron chi connectivity index (χ4n) is 1.25. The molecular weight excluding hydrogens is 178 g/mol. The first-order valence-electron chi connectivity index (χ1n) is 4.62. The van der Waals surface area contributed by atoms with Crippen molar-refractivity contribution >= 4 is 5.91 Å². The number of hydrogen-bond acceptors (Lipinski definition) is 2. The zero-order valence-electron chi connectivity index (χ0n) is 8.58. The van der Waals surface area contributed by atoms with Gasteiger partial charge in [-0.25, -0.2) is 0 Å². The summed E-state index contributed by atoms with van der Waals surface area (Å²) in [7, 11) is 0. The first-order chi connectivity index (χ1) is 6.70. The molecule has 0 aliphatic rings. The minimum absolute atomic E-state index is 0.0953. The third kappa shape index (κ3) is 2.02. The molecule has 0 bridgehead atoms. The van der Waals surface area contributed by atoms with Crippen LogP contribution in [0.15, 0.2) is 18.9 Å². The van der Waals surface area contributed by atoms with Crippen molar-refractivity contribution in [2.24, 2.45) is 0 Å². The van der Waals surface area contributed by atoms with E-state index in [-0.39, 0.29) is 5.91 Å². The highest BCUT2D eigenvalue weighted by atomic mass is 16.1. The highest BCUT2D eigenvalue weighted by Crippen LogP contribution is 2.06. The van der Waals surface area contributed by atoms with Gasteiger partial charge in [0.15, 0.2) is 0 Å². The number of carbonyl (C=O) groups is 1. The third-order valence-corrected chi connectivity index (χ3v) is 2.05. The van der Waals surface area contributed by atoms with Gasteiger partial charge in [-0.15, -0.1) is 6.58 Å². The number of nitrogens with zero attached hydrogens (tertiary/aromatic N) is 2. The molecule has 0 atom stereocenters. The fourth-order valence-corrected chi connectivity index (χ4v) is 1.25. The average molecular weight is 193 g/mol. The Morgan fingerprint density at radius 1 is 1.79 bits per heavy atom. The van der Waals surface area contributed by atoms with Crippen molar-refractivity contribution in [2.45, 2.75) is 20.4 Å². The van der Waals surface area contributed by atoms with E-state index in [0.717, 1.165) is 12.2 Å². The minimum Gasteiger partial charge on any atom is -0.348 e. The highest BCUT2D eigenvalue weighted by molar-refractivity contribution is 5.95. The Hall–Kier alpha value is -1.58. The van der Waals surface area contributed by atoms with Crippen molar-refractivity contribution in [3.63, 3.8) is 0 Å². The van der Waals surface area contributed by atoms with E-state index in [1.54, 1.807) is 17.0 Å². The fraction of sp³-hybridized carbons (Fsp3) is 0.400. The summed E-state index contributed by atoms with van der Waals surface area (Å²) in [6.07, 6.45) is 3.24. The number of nitrogens with one attached hydrogen (secondary N) is 1. The van der Waals surface area contributed by atoms with Crippen molar-refractivity contribution in [1.82, 2.24) is 15.1 Å². The van der Waals surface area contributed by atoms with Crippen LogP contribution in [0.4, 0.5) is 0 Å². The van der Waals surface area contributed by atoms with Crippen LogP contribution in [-0.4, -0.2) is 22.2 Å². The molecule has 1 aromatic heterocycles. The number of hydrogen-bond donors (Lipinski definition) is 1. The Kier molecular flexibility index (Phi) is 3.45. The zero-order chi connectivity index (χ0) is 10.6. The van der Waals surface area contributed by atoms with Crippen LogP contribution in [0, 0.1) is 6.92 Å². The molecule has 14 heavy (non-hydrogen) atoms. The Bertz CT molecular complexity index is 341. The zero-order valence-corrected chi connectivity index (χ0v) is 8.58. The standard InChI is InChI=1S/C10H15N3O/c1-4-6-11-10(14)9-7-12-13(5-2)8(9)3/h4,7H,1,5-6H2,2-3H3,(H,11,14). The van der Waals surface area contributed by atoms with Crippen LogP contribution in [0.5, 0.6) is 0 Å². The second-order valence-corrected chi connectivity index (χ2v) is 2.96. The Labute approximate surface area is 83.6 Å². The van der Waals surface area contributed by atoms with Crippen molar-refractivity contribution in [3.05, 3.63) is 30.1 Å². The topological polar surface area (TPSA) is 46.9 Å². The van der Waals surface area contributed by atoms with Crippen molar-refractivity contribution in [1.29, 1.82) is 0 Å². The summed E-state index contributed by atoms with van der Waals surface area (Å²) in [4.78, 5) is 11.5. The maximum Gasteiger partial charge on any atom is 0.254 e. The van der Waals surface area contributed by atoms with Gasteiger partial charge in [-0.05, 0) is 13.8 Å². The van der Waals surface area contributed by atoms with E-state index in [1.807, 2.05) is 13.8 Å². The number of carbonyl (C=O) groups excluding carboxylic acids is 1. The lowest BCUT2D eigenvalue weighted by molar-refractivity contribution is 0.0957. The molecule has 0 fully saturated rings.